The SMILES string of the molecule is CCCNC(=O)CCNC(=O)C(N)CCC(=O)O. The van der Waals surface area contributed by atoms with Crippen molar-refractivity contribution in [1.29, 1.82) is 0 Å². The Hall–Kier alpha value is -1.63. The van der Waals surface area contributed by atoms with Gasteiger partial charge in [-0.25, -0.2) is 0 Å². The summed E-state index contributed by atoms with van der Waals surface area (Å²) in [5.74, 6) is -1.55. The summed E-state index contributed by atoms with van der Waals surface area (Å²) in [7, 11) is 0. The molecule has 0 bridgehead atoms. The number of carbonyl (C=O) groups excluding carboxylic acids is 2. The van der Waals surface area contributed by atoms with Crippen LogP contribution in [0.25, 0.3) is 0 Å². The number of rotatable bonds is 9. The van der Waals surface area contributed by atoms with Gasteiger partial charge in [0.1, 0.15) is 0 Å². The van der Waals surface area contributed by atoms with Gasteiger partial charge < -0.3 is 21.5 Å². The van der Waals surface area contributed by atoms with Crippen LogP contribution in [0.2, 0.25) is 0 Å². The van der Waals surface area contributed by atoms with E-state index in [1.807, 2.05) is 6.92 Å². The number of aliphatic carboxylic acids is 1. The normalized spacial score (nSPS) is 11.7. The number of carboxylic acids is 1. The van der Waals surface area contributed by atoms with E-state index < -0.39 is 17.9 Å². The predicted molar refractivity (Wildman–Crippen MR) is 65.8 cm³/mol. The molecule has 7 nitrogen and oxygen atoms in total. The van der Waals surface area contributed by atoms with Gasteiger partial charge in [0.25, 0.3) is 0 Å². The monoisotopic (exact) mass is 259 g/mol. The molecule has 0 saturated carbocycles. The van der Waals surface area contributed by atoms with Gasteiger partial charge in [0.2, 0.25) is 11.8 Å². The van der Waals surface area contributed by atoms with Crippen molar-refractivity contribution in [2.45, 2.75) is 38.6 Å². The highest BCUT2D eigenvalue weighted by molar-refractivity contribution is 5.83. The summed E-state index contributed by atoms with van der Waals surface area (Å²) in [6, 6.07) is -0.847. The zero-order valence-corrected chi connectivity index (χ0v) is 10.6. The summed E-state index contributed by atoms with van der Waals surface area (Å²) >= 11 is 0. The number of nitrogens with two attached hydrogens (primary N) is 1. The second-order valence-electron chi connectivity index (χ2n) is 3.93. The molecule has 0 rings (SSSR count). The molecule has 0 aliphatic carbocycles. The first-order valence-electron chi connectivity index (χ1n) is 5.99. The van der Waals surface area contributed by atoms with Crippen LogP contribution in [-0.2, 0) is 14.4 Å². The third-order valence-corrected chi connectivity index (χ3v) is 2.23. The molecule has 0 spiro atoms. The molecule has 1 atom stereocenters. The third kappa shape index (κ3) is 8.51. The van der Waals surface area contributed by atoms with Crippen molar-refractivity contribution in [3.8, 4) is 0 Å². The van der Waals surface area contributed by atoms with Crippen LogP contribution in [0.1, 0.15) is 32.6 Å². The fourth-order valence-electron chi connectivity index (χ4n) is 1.19. The lowest BCUT2D eigenvalue weighted by Crippen LogP contribution is -2.42. The van der Waals surface area contributed by atoms with Crippen molar-refractivity contribution in [3.05, 3.63) is 0 Å². The molecule has 0 aliphatic heterocycles. The molecule has 104 valence electrons. The minimum Gasteiger partial charge on any atom is -0.481 e. The van der Waals surface area contributed by atoms with E-state index in [9.17, 15) is 14.4 Å². The standard InChI is InChI=1S/C11H21N3O4/c1-2-6-13-9(15)5-7-14-11(18)8(12)3-4-10(16)17/h8H,2-7,12H2,1H3,(H,13,15)(H,14,18)(H,16,17). The van der Waals surface area contributed by atoms with Gasteiger partial charge in [-0.1, -0.05) is 6.92 Å². The van der Waals surface area contributed by atoms with E-state index in [1.165, 1.54) is 0 Å². The number of carboxylic acid groups (broad SMARTS) is 1. The molecule has 2 amide bonds. The number of hydrogen-bond acceptors (Lipinski definition) is 4. The minimum absolute atomic E-state index is 0.0865. The summed E-state index contributed by atoms with van der Waals surface area (Å²) in [6.07, 6.45) is 0.990. The molecule has 0 aromatic rings. The predicted octanol–water partition coefficient (Wildman–Crippen LogP) is -0.789. The first-order valence-corrected chi connectivity index (χ1v) is 5.99. The molecule has 1 unspecified atom stereocenters. The first kappa shape index (κ1) is 16.4. The second-order valence-corrected chi connectivity index (χ2v) is 3.93. The lowest BCUT2D eigenvalue weighted by molar-refractivity contribution is -0.137. The number of amides is 2. The van der Waals surface area contributed by atoms with Crippen molar-refractivity contribution in [2.24, 2.45) is 5.73 Å². The Morgan fingerprint density at radius 2 is 1.83 bits per heavy atom. The molecule has 18 heavy (non-hydrogen) atoms. The van der Waals surface area contributed by atoms with Crippen molar-refractivity contribution in [2.75, 3.05) is 13.1 Å². The first-order chi connectivity index (χ1) is 8.47. The molecule has 5 N–H and O–H groups in total. The Balaban J connectivity index is 3.69. The Bertz CT molecular complexity index is 294. The molecule has 0 aliphatic rings. The van der Waals surface area contributed by atoms with Crippen molar-refractivity contribution in [1.82, 2.24) is 10.6 Å². The van der Waals surface area contributed by atoms with Gasteiger partial charge in [-0.15, -0.1) is 0 Å². The lowest BCUT2D eigenvalue weighted by atomic mass is 10.1. The fraction of sp³-hybridized carbons (Fsp3) is 0.727. The van der Waals surface area contributed by atoms with Crippen LogP contribution in [0.4, 0.5) is 0 Å². The quantitative estimate of drug-likeness (QED) is 0.432. The highest BCUT2D eigenvalue weighted by Gasteiger charge is 2.14. The van der Waals surface area contributed by atoms with Gasteiger partial charge in [-0.2, -0.15) is 0 Å². The highest BCUT2D eigenvalue weighted by atomic mass is 16.4. The van der Waals surface area contributed by atoms with E-state index >= 15 is 0 Å². The summed E-state index contributed by atoms with van der Waals surface area (Å²) in [5, 5.41) is 13.6. The van der Waals surface area contributed by atoms with E-state index in [-0.39, 0.29) is 31.7 Å². The summed E-state index contributed by atoms with van der Waals surface area (Å²) in [6.45, 7) is 2.77. The molecule has 0 radical (unpaired) electrons. The fourth-order valence-corrected chi connectivity index (χ4v) is 1.19. The molecule has 0 aromatic carbocycles. The van der Waals surface area contributed by atoms with E-state index in [2.05, 4.69) is 10.6 Å². The molecule has 0 heterocycles. The lowest BCUT2D eigenvalue weighted by Gasteiger charge is -2.11. The summed E-state index contributed by atoms with van der Waals surface area (Å²) in [4.78, 5) is 32.9. The topological polar surface area (TPSA) is 122 Å². The second kappa shape index (κ2) is 9.41. The maximum Gasteiger partial charge on any atom is 0.303 e. The van der Waals surface area contributed by atoms with Crippen LogP contribution in [-0.4, -0.2) is 42.0 Å². The Morgan fingerprint density at radius 1 is 1.17 bits per heavy atom. The molecule has 0 fully saturated rings. The Kier molecular flexibility index (Phi) is 8.55. The number of hydrogen-bond donors (Lipinski definition) is 4. The van der Waals surface area contributed by atoms with Crippen LogP contribution in [0.3, 0.4) is 0 Å². The van der Waals surface area contributed by atoms with Crippen LogP contribution < -0.4 is 16.4 Å². The van der Waals surface area contributed by atoms with E-state index in [4.69, 9.17) is 10.8 Å². The van der Waals surface area contributed by atoms with Gasteiger partial charge in [0, 0.05) is 25.9 Å². The summed E-state index contributed by atoms with van der Waals surface area (Å²) in [5.41, 5.74) is 5.49. The Morgan fingerprint density at radius 3 is 2.39 bits per heavy atom. The van der Waals surface area contributed by atoms with Crippen LogP contribution in [0.15, 0.2) is 0 Å². The van der Waals surface area contributed by atoms with Gasteiger partial charge in [-0.05, 0) is 12.8 Å². The van der Waals surface area contributed by atoms with Gasteiger partial charge in [-0.3, -0.25) is 14.4 Å². The highest BCUT2D eigenvalue weighted by Crippen LogP contribution is 1.94. The average molecular weight is 259 g/mol. The van der Waals surface area contributed by atoms with E-state index in [0.29, 0.717) is 6.54 Å². The molecule has 0 saturated heterocycles. The van der Waals surface area contributed by atoms with Crippen molar-refractivity contribution >= 4 is 17.8 Å². The smallest absolute Gasteiger partial charge is 0.303 e. The van der Waals surface area contributed by atoms with Crippen LogP contribution >= 0.6 is 0 Å². The maximum absolute atomic E-state index is 11.4. The van der Waals surface area contributed by atoms with Crippen LogP contribution in [0, 0.1) is 0 Å². The maximum atomic E-state index is 11.4. The largest absolute Gasteiger partial charge is 0.481 e. The Labute approximate surface area is 106 Å². The van der Waals surface area contributed by atoms with Gasteiger partial charge in [0.05, 0.1) is 6.04 Å². The van der Waals surface area contributed by atoms with Gasteiger partial charge >= 0.3 is 5.97 Å². The molecular formula is C11H21N3O4. The molecule has 7 heteroatoms. The van der Waals surface area contributed by atoms with E-state index in [1.54, 1.807) is 0 Å². The van der Waals surface area contributed by atoms with Crippen molar-refractivity contribution < 1.29 is 19.5 Å². The van der Waals surface area contributed by atoms with Crippen LogP contribution in [0.5, 0.6) is 0 Å². The zero-order chi connectivity index (χ0) is 14.0. The minimum atomic E-state index is -0.989. The average Bonchev–Trinajstić information content (AvgIpc) is 2.33. The van der Waals surface area contributed by atoms with Crippen molar-refractivity contribution in [3.63, 3.8) is 0 Å². The molecule has 0 aromatic heterocycles. The summed E-state index contributed by atoms with van der Waals surface area (Å²) < 4.78 is 0. The zero-order valence-electron chi connectivity index (χ0n) is 10.6. The number of carbonyl (C=O) groups is 3. The van der Waals surface area contributed by atoms with Gasteiger partial charge in [0.15, 0.2) is 0 Å². The van der Waals surface area contributed by atoms with E-state index in [0.717, 1.165) is 6.42 Å². The number of nitrogens with one attached hydrogen (secondary N) is 2. The third-order valence-electron chi connectivity index (χ3n) is 2.23. The molecular weight excluding hydrogens is 238 g/mol.